The SMILES string of the molecule is O=C(NCC(=O)N1CC[C@@H]2[C@H]1CCCN2C1CCC(c2ccccc2)CC1)c1cccc(C(F)(F)F)c1. The number of nitrogens with one attached hydrogen (secondary N) is 1. The zero-order chi connectivity index (χ0) is 26.0. The first-order valence-electron chi connectivity index (χ1n) is 13.4. The van der Waals surface area contributed by atoms with Crippen molar-refractivity contribution in [1.29, 1.82) is 0 Å². The highest BCUT2D eigenvalue weighted by molar-refractivity contribution is 5.96. The number of hydrogen-bond donors (Lipinski definition) is 1. The van der Waals surface area contributed by atoms with Gasteiger partial charge in [-0.05, 0) is 81.2 Å². The highest BCUT2D eigenvalue weighted by Crippen LogP contribution is 2.39. The Kier molecular flexibility index (Phi) is 7.56. The lowest BCUT2D eigenvalue weighted by Crippen LogP contribution is -2.55. The second-order valence-electron chi connectivity index (χ2n) is 10.6. The van der Waals surface area contributed by atoms with E-state index in [4.69, 9.17) is 0 Å². The van der Waals surface area contributed by atoms with Crippen LogP contribution >= 0.6 is 0 Å². The summed E-state index contributed by atoms with van der Waals surface area (Å²) in [5.41, 5.74) is 0.452. The lowest BCUT2D eigenvalue weighted by atomic mass is 9.80. The molecular formula is C29H34F3N3O2. The molecule has 2 aromatic rings. The Morgan fingerprint density at radius 1 is 0.865 bits per heavy atom. The summed E-state index contributed by atoms with van der Waals surface area (Å²) >= 11 is 0. The van der Waals surface area contributed by atoms with Gasteiger partial charge in [0.05, 0.1) is 12.1 Å². The summed E-state index contributed by atoms with van der Waals surface area (Å²) in [6, 6.07) is 16.0. The van der Waals surface area contributed by atoms with Gasteiger partial charge in [-0.25, -0.2) is 0 Å². The Hall–Kier alpha value is -2.87. The molecule has 0 unspecified atom stereocenters. The van der Waals surface area contributed by atoms with Gasteiger partial charge in [-0.2, -0.15) is 13.2 Å². The molecule has 2 aromatic carbocycles. The molecule has 5 nitrogen and oxygen atoms in total. The molecule has 8 heteroatoms. The molecule has 1 aliphatic carbocycles. The molecule has 0 radical (unpaired) electrons. The quantitative estimate of drug-likeness (QED) is 0.596. The first kappa shape index (κ1) is 25.8. The van der Waals surface area contributed by atoms with Crippen LogP contribution in [0.15, 0.2) is 54.6 Å². The summed E-state index contributed by atoms with van der Waals surface area (Å²) < 4.78 is 38.9. The number of nitrogens with zero attached hydrogens (tertiary/aromatic N) is 2. The fraction of sp³-hybridized carbons (Fsp3) is 0.517. The van der Waals surface area contributed by atoms with Crippen molar-refractivity contribution in [3.8, 4) is 0 Å². The van der Waals surface area contributed by atoms with Crippen LogP contribution in [0.25, 0.3) is 0 Å². The molecule has 3 fully saturated rings. The van der Waals surface area contributed by atoms with E-state index in [1.54, 1.807) is 0 Å². The smallest absolute Gasteiger partial charge is 0.343 e. The molecule has 0 bridgehead atoms. The van der Waals surface area contributed by atoms with Gasteiger partial charge in [-0.1, -0.05) is 36.4 Å². The van der Waals surface area contributed by atoms with E-state index in [-0.39, 0.29) is 24.1 Å². The van der Waals surface area contributed by atoms with Gasteiger partial charge in [-0.15, -0.1) is 0 Å². The Morgan fingerprint density at radius 3 is 2.35 bits per heavy atom. The van der Waals surface area contributed by atoms with Gasteiger partial charge in [0.2, 0.25) is 5.91 Å². The van der Waals surface area contributed by atoms with Crippen molar-refractivity contribution in [3.05, 3.63) is 71.3 Å². The predicted octanol–water partition coefficient (Wildman–Crippen LogP) is 5.23. The largest absolute Gasteiger partial charge is 0.416 e. The lowest BCUT2D eigenvalue weighted by Gasteiger charge is -2.46. The number of piperidine rings is 1. The van der Waals surface area contributed by atoms with E-state index in [0.717, 1.165) is 37.9 Å². The molecule has 2 amide bonds. The van der Waals surface area contributed by atoms with Crippen LogP contribution in [0.5, 0.6) is 0 Å². The van der Waals surface area contributed by atoms with Crippen LogP contribution in [0.2, 0.25) is 0 Å². The van der Waals surface area contributed by atoms with Crippen LogP contribution in [0.4, 0.5) is 13.2 Å². The van der Waals surface area contributed by atoms with E-state index in [9.17, 15) is 22.8 Å². The summed E-state index contributed by atoms with van der Waals surface area (Å²) in [6.07, 6.45) is 3.11. The number of fused-ring (bicyclic) bond motifs is 1. The van der Waals surface area contributed by atoms with E-state index in [1.807, 2.05) is 4.90 Å². The third-order valence-corrected chi connectivity index (χ3v) is 8.46. The van der Waals surface area contributed by atoms with Crippen LogP contribution in [0.1, 0.15) is 72.3 Å². The molecule has 37 heavy (non-hydrogen) atoms. The molecule has 2 heterocycles. The maximum Gasteiger partial charge on any atom is 0.416 e. The van der Waals surface area contributed by atoms with Gasteiger partial charge >= 0.3 is 6.18 Å². The maximum atomic E-state index is 13.1. The van der Waals surface area contributed by atoms with Crippen molar-refractivity contribution in [2.24, 2.45) is 0 Å². The van der Waals surface area contributed by atoms with Crippen LogP contribution in [0.3, 0.4) is 0 Å². The second kappa shape index (κ2) is 10.9. The first-order valence-corrected chi connectivity index (χ1v) is 13.4. The van der Waals surface area contributed by atoms with Gasteiger partial charge < -0.3 is 10.2 Å². The summed E-state index contributed by atoms with van der Waals surface area (Å²) in [7, 11) is 0. The number of rotatable bonds is 5. The highest BCUT2D eigenvalue weighted by Gasteiger charge is 2.44. The van der Waals surface area contributed by atoms with Crippen molar-refractivity contribution in [2.75, 3.05) is 19.6 Å². The minimum absolute atomic E-state index is 0.100. The number of hydrogen-bond acceptors (Lipinski definition) is 3. The third-order valence-electron chi connectivity index (χ3n) is 8.46. The molecule has 1 saturated carbocycles. The molecule has 3 aliphatic rings. The third kappa shape index (κ3) is 5.69. The minimum atomic E-state index is -4.52. The monoisotopic (exact) mass is 513 g/mol. The summed E-state index contributed by atoms with van der Waals surface area (Å²) in [5, 5.41) is 2.53. The van der Waals surface area contributed by atoms with E-state index in [1.165, 1.54) is 43.4 Å². The molecule has 1 N–H and O–H groups in total. The molecular weight excluding hydrogens is 479 g/mol. The fourth-order valence-corrected chi connectivity index (χ4v) is 6.65. The number of carbonyl (C=O) groups excluding carboxylic acids is 2. The number of likely N-dealkylation sites (tertiary alicyclic amines) is 2. The Labute approximate surface area is 216 Å². The van der Waals surface area contributed by atoms with Crippen LogP contribution in [-0.4, -0.2) is 59.4 Å². The van der Waals surface area contributed by atoms with Crippen LogP contribution in [0, 0.1) is 0 Å². The highest BCUT2D eigenvalue weighted by atomic mass is 19.4. The van der Waals surface area contributed by atoms with Gasteiger partial charge in [0.15, 0.2) is 0 Å². The summed E-state index contributed by atoms with van der Waals surface area (Å²) in [4.78, 5) is 30.0. The van der Waals surface area contributed by atoms with Crippen LogP contribution in [-0.2, 0) is 11.0 Å². The second-order valence-corrected chi connectivity index (χ2v) is 10.6. The minimum Gasteiger partial charge on any atom is -0.343 e. The molecule has 2 saturated heterocycles. The van der Waals surface area contributed by atoms with Crippen molar-refractivity contribution in [2.45, 2.75) is 75.2 Å². The Bertz CT molecular complexity index is 1100. The number of alkyl halides is 3. The normalized spacial score (nSPS) is 26.5. The zero-order valence-electron chi connectivity index (χ0n) is 20.9. The predicted molar refractivity (Wildman–Crippen MR) is 135 cm³/mol. The summed E-state index contributed by atoms with van der Waals surface area (Å²) in [6.45, 7) is 1.51. The van der Waals surface area contributed by atoms with Gasteiger partial charge in [0.25, 0.3) is 5.91 Å². The van der Waals surface area contributed by atoms with Crippen molar-refractivity contribution >= 4 is 11.8 Å². The first-order chi connectivity index (χ1) is 17.8. The standard InChI is InChI=1S/C29H34F3N3O2/c30-29(31,32)23-9-4-8-22(18-23)28(37)33-19-27(36)35-17-15-26-25(35)10-5-16-34(26)24-13-11-21(12-14-24)20-6-2-1-3-7-20/h1-4,6-9,18,21,24-26H,5,10-17,19H2,(H,33,37)/t21?,24?,25-,26-/m1/s1. The molecule has 5 rings (SSSR count). The fourth-order valence-electron chi connectivity index (χ4n) is 6.65. The van der Waals surface area contributed by atoms with E-state index in [2.05, 4.69) is 40.5 Å². The van der Waals surface area contributed by atoms with Gasteiger partial charge in [-0.3, -0.25) is 14.5 Å². The summed E-state index contributed by atoms with van der Waals surface area (Å²) in [5.74, 6) is -0.210. The number of halogens is 3. The van der Waals surface area contributed by atoms with Crippen molar-refractivity contribution in [1.82, 2.24) is 15.1 Å². The van der Waals surface area contributed by atoms with E-state index in [0.29, 0.717) is 24.5 Å². The van der Waals surface area contributed by atoms with Gasteiger partial charge in [0.1, 0.15) is 0 Å². The van der Waals surface area contributed by atoms with Crippen LogP contribution < -0.4 is 5.32 Å². The average Bonchev–Trinajstić information content (AvgIpc) is 3.36. The van der Waals surface area contributed by atoms with E-state index >= 15 is 0 Å². The van der Waals surface area contributed by atoms with Gasteiger partial charge in [0, 0.05) is 30.2 Å². The number of benzene rings is 2. The maximum absolute atomic E-state index is 13.1. The lowest BCUT2D eigenvalue weighted by molar-refractivity contribution is -0.137. The zero-order valence-corrected chi connectivity index (χ0v) is 20.9. The topological polar surface area (TPSA) is 52.7 Å². The molecule has 0 aromatic heterocycles. The molecule has 198 valence electrons. The molecule has 0 spiro atoms. The van der Waals surface area contributed by atoms with E-state index < -0.39 is 17.6 Å². The number of carbonyl (C=O) groups is 2. The Morgan fingerprint density at radius 2 is 1.62 bits per heavy atom. The van der Waals surface area contributed by atoms with Crippen molar-refractivity contribution < 1.29 is 22.8 Å². The average molecular weight is 514 g/mol. The molecule has 2 atom stereocenters. The number of amides is 2. The Balaban J connectivity index is 1.15. The van der Waals surface area contributed by atoms with Crippen molar-refractivity contribution in [3.63, 3.8) is 0 Å². The molecule has 2 aliphatic heterocycles.